The molecule has 3 rings (SSSR count). The van der Waals surface area contributed by atoms with Crippen LogP contribution < -0.4 is 5.73 Å². The fraction of sp³-hybridized carbons (Fsp3) is 0. The predicted octanol–water partition coefficient (Wildman–Crippen LogP) is 2.95. The van der Waals surface area contributed by atoms with E-state index >= 15 is 0 Å². The van der Waals surface area contributed by atoms with E-state index in [0.717, 1.165) is 22.3 Å². The highest BCUT2D eigenvalue weighted by molar-refractivity contribution is 6.48. The van der Waals surface area contributed by atoms with Gasteiger partial charge in [-0.2, -0.15) is 0 Å². The molecule has 3 heteroatoms. The molecular weight excluding hydrogens is 234 g/mol. The maximum absolute atomic E-state index is 8.03. The lowest BCUT2D eigenvalue weighted by Gasteiger charge is -2.08. The Morgan fingerprint density at radius 1 is 0.737 bits per heavy atom. The summed E-state index contributed by atoms with van der Waals surface area (Å²) in [6.07, 6.45) is 0. The molecule has 0 radical (unpaired) electrons. The molecule has 0 aliphatic carbocycles. The second-order valence-electron chi connectivity index (χ2n) is 4.33. The molecule has 3 N–H and O–H groups in total. The zero-order valence-corrected chi connectivity index (χ0v) is 10.3. The van der Waals surface area contributed by atoms with Gasteiger partial charge in [0.1, 0.15) is 5.84 Å². The second-order valence-corrected chi connectivity index (χ2v) is 4.33. The van der Waals surface area contributed by atoms with E-state index in [4.69, 9.17) is 11.1 Å². The number of hydrogen-bond donors (Lipinski definition) is 2. The van der Waals surface area contributed by atoms with Crippen LogP contribution in [0.5, 0.6) is 0 Å². The van der Waals surface area contributed by atoms with Crippen molar-refractivity contribution >= 4 is 22.8 Å². The minimum atomic E-state index is 0.225. The molecule has 1 heterocycles. The van der Waals surface area contributed by atoms with Crippen molar-refractivity contribution in [3.05, 3.63) is 71.8 Å². The van der Waals surface area contributed by atoms with Gasteiger partial charge in [-0.15, -0.1) is 0 Å². The Kier molecular flexibility index (Phi) is 2.72. The SMILES string of the molecule is N=C1N=C(N)C(c2ccccc2)=C1c1ccccc1. The molecule has 0 unspecified atom stereocenters. The van der Waals surface area contributed by atoms with E-state index in [9.17, 15) is 0 Å². The molecule has 0 fully saturated rings. The molecule has 92 valence electrons. The van der Waals surface area contributed by atoms with Crippen molar-refractivity contribution < 1.29 is 0 Å². The van der Waals surface area contributed by atoms with E-state index in [-0.39, 0.29) is 5.84 Å². The summed E-state index contributed by atoms with van der Waals surface area (Å²) >= 11 is 0. The van der Waals surface area contributed by atoms with Crippen molar-refractivity contribution in [1.29, 1.82) is 5.41 Å². The zero-order valence-electron chi connectivity index (χ0n) is 10.3. The van der Waals surface area contributed by atoms with E-state index < -0.39 is 0 Å². The first-order valence-corrected chi connectivity index (χ1v) is 6.06. The quantitative estimate of drug-likeness (QED) is 0.842. The fourth-order valence-corrected chi connectivity index (χ4v) is 2.26. The van der Waals surface area contributed by atoms with Crippen molar-refractivity contribution in [2.24, 2.45) is 10.7 Å². The number of nitrogens with zero attached hydrogens (tertiary/aromatic N) is 1. The molecular formula is C16H13N3. The van der Waals surface area contributed by atoms with Gasteiger partial charge in [-0.3, -0.25) is 5.41 Å². The Bertz CT molecular complexity index is 682. The number of amidine groups is 2. The molecule has 1 aliphatic heterocycles. The van der Waals surface area contributed by atoms with Crippen molar-refractivity contribution in [3.63, 3.8) is 0 Å². The summed E-state index contributed by atoms with van der Waals surface area (Å²) in [7, 11) is 0. The van der Waals surface area contributed by atoms with Crippen LogP contribution in [0.25, 0.3) is 11.1 Å². The predicted molar refractivity (Wildman–Crippen MR) is 79.0 cm³/mol. The molecule has 1 aliphatic rings. The first kappa shape index (κ1) is 11.4. The van der Waals surface area contributed by atoms with Gasteiger partial charge >= 0.3 is 0 Å². The molecule has 2 aromatic carbocycles. The van der Waals surface area contributed by atoms with Crippen LogP contribution in [0.3, 0.4) is 0 Å². The number of hydrogen-bond acceptors (Lipinski definition) is 2. The highest BCUT2D eigenvalue weighted by atomic mass is 14.9. The molecule has 19 heavy (non-hydrogen) atoms. The van der Waals surface area contributed by atoms with Gasteiger partial charge in [0.25, 0.3) is 0 Å². The van der Waals surface area contributed by atoms with Crippen molar-refractivity contribution in [3.8, 4) is 0 Å². The van der Waals surface area contributed by atoms with Crippen LogP contribution in [-0.4, -0.2) is 11.7 Å². The Hall–Kier alpha value is -2.68. The van der Waals surface area contributed by atoms with Crippen LogP contribution in [0.4, 0.5) is 0 Å². The minimum absolute atomic E-state index is 0.225. The first-order chi connectivity index (χ1) is 9.27. The minimum Gasteiger partial charge on any atom is -0.383 e. The fourth-order valence-electron chi connectivity index (χ4n) is 2.26. The third-order valence-electron chi connectivity index (χ3n) is 3.10. The lowest BCUT2D eigenvalue weighted by Crippen LogP contribution is -2.11. The smallest absolute Gasteiger partial charge is 0.155 e. The van der Waals surface area contributed by atoms with Crippen LogP contribution in [-0.2, 0) is 0 Å². The molecule has 0 bridgehead atoms. The maximum Gasteiger partial charge on any atom is 0.155 e. The van der Waals surface area contributed by atoms with Crippen molar-refractivity contribution in [1.82, 2.24) is 0 Å². The number of rotatable bonds is 2. The molecule has 0 saturated carbocycles. The average molecular weight is 247 g/mol. The molecule has 0 aromatic heterocycles. The molecule has 0 amide bonds. The van der Waals surface area contributed by atoms with Gasteiger partial charge in [0, 0.05) is 11.1 Å². The Labute approximate surface area is 111 Å². The first-order valence-electron chi connectivity index (χ1n) is 6.06. The molecule has 0 atom stereocenters. The van der Waals surface area contributed by atoms with Crippen LogP contribution in [0.1, 0.15) is 11.1 Å². The lowest BCUT2D eigenvalue weighted by molar-refractivity contribution is 1.46. The van der Waals surface area contributed by atoms with E-state index in [1.807, 2.05) is 60.7 Å². The normalized spacial score (nSPS) is 14.7. The second kappa shape index (κ2) is 4.53. The number of benzene rings is 2. The van der Waals surface area contributed by atoms with Gasteiger partial charge in [-0.1, -0.05) is 60.7 Å². The zero-order chi connectivity index (χ0) is 13.2. The lowest BCUT2D eigenvalue weighted by atomic mass is 9.95. The van der Waals surface area contributed by atoms with Crippen molar-refractivity contribution in [2.45, 2.75) is 0 Å². The monoisotopic (exact) mass is 247 g/mol. The number of nitrogens with two attached hydrogens (primary N) is 1. The third-order valence-corrected chi connectivity index (χ3v) is 3.10. The van der Waals surface area contributed by atoms with Crippen LogP contribution in [0, 0.1) is 5.41 Å². The van der Waals surface area contributed by atoms with Crippen LogP contribution in [0.15, 0.2) is 65.7 Å². The van der Waals surface area contributed by atoms with Gasteiger partial charge in [-0.05, 0) is 11.1 Å². The van der Waals surface area contributed by atoms with Crippen LogP contribution in [0.2, 0.25) is 0 Å². The Morgan fingerprint density at radius 3 is 1.74 bits per heavy atom. The maximum atomic E-state index is 8.03. The standard InChI is InChI=1S/C16H13N3/c17-15-13(11-7-3-1-4-8-11)14(16(18)19-15)12-9-5-2-6-10-12/h1-10H,(H3,17,18,19). The number of nitrogens with one attached hydrogen (secondary N) is 1. The van der Waals surface area contributed by atoms with Gasteiger partial charge in [-0.25, -0.2) is 4.99 Å². The number of aliphatic imine (C=N–C) groups is 1. The molecule has 0 spiro atoms. The van der Waals surface area contributed by atoms with E-state index in [1.165, 1.54) is 0 Å². The summed E-state index contributed by atoms with van der Waals surface area (Å²) in [5.74, 6) is 0.637. The van der Waals surface area contributed by atoms with E-state index in [0.29, 0.717) is 5.84 Å². The highest BCUT2D eigenvalue weighted by Gasteiger charge is 2.24. The van der Waals surface area contributed by atoms with Crippen molar-refractivity contribution in [2.75, 3.05) is 0 Å². The van der Waals surface area contributed by atoms with Gasteiger partial charge in [0.2, 0.25) is 0 Å². The summed E-state index contributed by atoms with van der Waals surface area (Å²) in [5.41, 5.74) is 9.58. The third kappa shape index (κ3) is 1.95. The highest BCUT2D eigenvalue weighted by Crippen LogP contribution is 2.31. The summed E-state index contributed by atoms with van der Waals surface area (Å²) in [6.45, 7) is 0. The summed E-state index contributed by atoms with van der Waals surface area (Å²) in [4.78, 5) is 4.11. The molecule has 2 aromatic rings. The largest absolute Gasteiger partial charge is 0.383 e. The topological polar surface area (TPSA) is 62.2 Å². The molecule has 3 nitrogen and oxygen atoms in total. The average Bonchev–Trinajstić information content (AvgIpc) is 2.75. The summed E-state index contributed by atoms with van der Waals surface area (Å²) < 4.78 is 0. The molecule has 0 saturated heterocycles. The van der Waals surface area contributed by atoms with Gasteiger partial charge < -0.3 is 5.73 Å². The van der Waals surface area contributed by atoms with Gasteiger partial charge in [0.15, 0.2) is 5.84 Å². The Morgan fingerprint density at radius 2 is 1.21 bits per heavy atom. The Balaban J connectivity index is 2.24. The summed E-state index contributed by atoms with van der Waals surface area (Å²) in [6, 6.07) is 19.6. The summed E-state index contributed by atoms with van der Waals surface area (Å²) in [5, 5.41) is 8.03. The van der Waals surface area contributed by atoms with Gasteiger partial charge in [0.05, 0.1) is 0 Å². The van der Waals surface area contributed by atoms with E-state index in [1.54, 1.807) is 0 Å². The van der Waals surface area contributed by atoms with Crippen LogP contribution >= 0.6 is 0 Å². The van der Waals surface area contributed by atoms with E-state index in [2.05, 4.69) is 4.99 Å².